The number of aromatic nitrogens is 1. The molecule has 0 saturated carbocycles. The molecular weight excluding hydrogens is 516 g/mol. The van der Waals surface area contributed by atoms with Crippen LogP contribution in [0.4, 0.5) is 22.9 Å². The Morgan fingerprint density at radius 1 is 1.07 bits per heavy atom. The van der Waals surface area contributed by atoms with Gasteiger partial charge in [-0.2, -0.15) is 0 Å². The molecule has 0 spiro atoms. The van der Waals surface area contributed by atoms with E-state index >= 15 is 0 Å². The molecule has 1 saturated heterocycles. The number of anilines is 4. The van der Waals surface area contributed by atoms with E-state index in [2.05, 4.69) is 45.9 Å². The Kier molecular flexibility index (Phi) is 7.21. The predicted molar refractivity (Wildman–Crippen MR) is 165 cm³/mol. The van der Waals surface area contributed by atoms with Crippen LogP contribution in [0.15, 0.2) is 71.0 Å². The quantitative estimate of drug-likeness (QED) is 0.469. The van der Waals surface area contributed by atoms with Crippen LogP contribution < -0.4 is 26.4 Å². The number of carbonyl (C=O) groups is 1. The van der Waals surface area contributed by atoms with Gasteiger partial charge in [0.25, 0.3) is 11.5 Å². The van der Waals surface area contributed by atoms with Crippen molar-refractivity contribution in [2.24, 2.45) is 10.7 Å². The summed E-state index contributed by atoms with van der Waals surface area (Å²) in [4.78, 5) is 39.9. The molecule has 3 aliphatic heterocycles. The van der Waals surface area contributed by atoms with Crippen molar-refractivity contribution in [1.82, 2.24) is 14.4 Å². The van der Waals surface area contributed by atoms with E-state index in [1.807, 2.05) is 48.2 Å². The van der Waals surface area contributed by atoms with E-state index in [1.54, 1.807) is 15.7 Å². The summed E-state index contributed by atoms with van der Waals surface area (Å²) < 4.78 is 1.69. The maximum Gasteiger partial charge on any atom is 0.280 e. The third-order valence-electron chi connectivity index (χ3n) is 8.12. The highest BCUT2D eigenvalue weighted by atomic mass is 16.2. The molecule has 1 unspecified atom stereocenters. The lowest BCUT2D eigenvalue weighted by molar-refractivity contribution is -0.114. The Hall–Kier alpha value is -4.25. The van der Waals surface area contributed by atoms with Crippen LogP contribution in [0.3, 0.4) is 0 Å². The lowest BCUT2D eigenvalue weighted by Gasteiger charge is -2.38. The molecule has 3 aliphatic rings. The zero-order valence-corrected chi connectivity index (χ0v) is 23.6. The van der Waals surface area contributed by atoms with Crippen LogP contribution in [-0.4, -0.2) is 79.1 Å². The van der Waals surface area contributed by atoms with Crippen LogP contribution >= 0.6 is 0 Å². The molecular formula is C31H36N8O2. The third kappa shape index (κ3) is 5.06. The van der Waals surface area contributed by atoms with Crippen molar-refractivity contribution in [3.05, 3.63) is 88.2 Å². The monoisotopic (exact) mass is 552 g/mol. The summed E-state index contributed by atoms with van der Waals surface area (Å²) in [6, 6.07) is 15.9. The molecule has 3 aromatic rings. The molecule has 212 valence electrons. The number of benzene rings is 2. The molecule has 3 N–H and O–H groups in total. The number of pyridine rings is 1. The number of nitrogens with two attached hydrogens (primary N) is 1. The topological polar surface area (TPSA) is 102 Å². The molecule has 4 heterocycles. The molecule has 6 rings (SSSR count). The number of aryl methyl sites for hydroxylation is 1. The summed E-state index contributed by atoms with van der Waals surface area (Å²) >= 11 is 0. The van der Waals surface area contributed by atoms with E-state index in [9.17, 15) is 9.59 Å². The van der Waals surface area contributed by atoms with Crippen molar-refractivity contribution in [2.75, 3.05) is 61.4 Å². The lowest BCUT2D eigenvalue weighted by atomic mass is 10.1. The summed E-state index contributed by atoms with van der Waals surface area (Å²) in [5.74, 6) is 0.447. The van der Waals surface area contributed by atoms with Gasteiger partial charge >= 0.3 is 0 Å². The van der Waals surface area contributed by atoms with E-state index in [4.69, 9.17) is 5.73 Å². The van der Waals surface area contributed by atoms with Gasteiger partial charge in [0.05, 0.1) is 17.1 Å². The SMILES string of the molecule is C=CC(=O)N1CCN(c2cc3c(n(-c4ccc(CN5CCN(C)CC5)cc4)c2=O)NC(N)N=C3)c2cccc(C)c21. The van der Waals surface area contributed by atoms with Gasteiger partial charge in [0, 0.05) is 57.6 Å². The zero-order chi connectivity index (χ0) is 28.7. The van der Waals surface area contributed by atoms with Gasteiger partial charge < -0.3 is 20.0 Å². The number of hydrogen-bond donors (Lipinski definition) is 2. The Labute approximate surface area is 240 Å². The molecule has 0 bridgehead atoms. The van der Waals surface area contributed by atoms with E-state index in [0.717, 1.165) is 60.9 Å². The molecule has 2 aromatic carbocycles. The number of nitrogens with zero attached hydrogens (tertiary/aromatic N) is 6. The molecule has 41 heavy (non-hydrogen) atoms. The fraction of sp³-hybridized carbons (Fsp3) is 0.323. The van der Waals surface area contributed by atoms with Crippen LogP contribution in [0.2, 0.25) is 0 Å². The van der Waals surface area contributed by atoms with Crippen molar-refractivity contribution in [3.8, 4) is 5.69 Å². The van der Waals surface area contributed by atoms with Crippen molar-refractivity contribution in [2.45, 2.75) is 19.8 Å². The van der Waals surface area contributed by atoms with Gasteiger partial charge in [-0.15, -0.1) is 0 Å². The Balaban J connectivity index is 1.42. The van der Waals surface area contributed by atoms with Crippen molar-refractivity contribution < 1.29 is 4.79 Å². The average molecular weight is 553 g/mol. The largest absolute Gasteiger partial charge is 0.337 e. The van der Waals surface area contributed by atoms with Gasteiger partial charge in [0.15, 0.2) is 6.29 Å². The number of likely N-dealkylation sites (N-methyl/N-ethyl adjacent to an activating group) is 1. The van der Waals surface area contributed by atoms with Crippen molar-refractivity contribution in [3.63, 3.8) is 0 Å². The number of para-hydroxylation sites is 1. The molecule has 1 atom stereocenters. The summed E-state index contributed by atoms with van der Waals surface area (Å²) in [6.45, 7) is 11.6. The highest BCUT2D eigenvalue weighted by Gasteiger charge is 2.31. The number of nitrogens with one attached hydrogen (secondary N) is 1. The van der Waals surface area contributed by atoms with Gasteiger partial charge in [-0.1, -0.05) is 30.8 Å². The summed E-state index contributed by atoms with van der Waals surface area (Å²) in [7, 11) is 2.16. The highest BCUT2D eigenvalue weighted by molar-refractivity contribution is 6.05. The van der Waals surface area contributed by atoms with Crippen LogP contribution in [0.25, 0.3) is 5.69 Å². The van der Waals surface area contributed by atoms with Crippen LogP contribution in [0.5, 0.6) is 0 Å². The smallest absolute Gasteiger partial charge is 0.280 e. The minimum Gasteiger partial charge on any atom is -0.337 e. The van der Waals surface area contributed by atoms with Crippen LogP contribution in [-0.2, 0) is 11.3 Å². The first-order valence-electron chi connectivity index (χ1n) is 14.0. The summed E-state index contributed by atoms with van der Waals surface area (Å²) in [6.07, 6.45) is 2.40. The van der Waals surface area contributed by atoms with E-state index in [1.165, 1.54) is 11.6 Å². The lowest BCUT2D eigenvalue weighted by Crippen LogP contribution is -2.44. The first-order chi connectivity index (χ1) is 19.8. The van der Waals surface area contributed by atoms with Crippen LogP contribution in [0.1, 0.15) is 16.7 Å². The number of aliphatic imine (C=N–C) groups is 1. The van der Waals surface area contributed by atoms with Gasteiger partial charge in [-0.05, 0) is 55.4 Å². The summed E-state index contributed by atoms with van der Waals surface area (Å²) in [5, 5.41) is 3.19. The molecule has 10 nitrogen and oxygen atoms in total. The van der Waals surface area contributed by atoms with Crippen molar-refractivity contribution >= 4 is 35.0 Å². The average Bonchev–Trinajstić information content (AvgIpc) is 2.98. The van der Waals surface area contributed by atoms with E-state index < -0.39 is 6.29 Å². The standard InChI is InChI=1S/C31H36N8O2/c1-4-27(40)38-17-16-37(25-7-5-6-21(2)28(25)38)26-18-23-19-33-31(32)34-29(23)39(30(26)41)24-10-8-22(9-11-24)20-36-14-12-35(3)13-15-36/h4-11,18-19,31,34H,1,12-17,20,32H2,2-3H3. The Morgan fingerprint density at radius 2 is 1.83 bits per heavy atom. The van der Waals surface area contributed by atoms with E-state index in [-0.39, 0.29) is 11.5 Å². The molecule has 10 heteroatoms. The highest BCUT2D eigenvalue weighted by Crippen LogP contribution is 2.40. The molecule has 1 aromatic heterocycles. The fourth-order valence-electron chi connectivity index (χ4n) is 5.89. The second kappa shape index (κ2) is 11.0. The zero-order valence-electron chi connectivity index (χ0n) is 23.6. The number of fused-ring (bicyclic) bond motifs is 2. The summed E-state index contributed by atoms with van der Waals surface area (Å²) in [5.41, 5.74) is 11.7. The molecule has 1 fully saturated rings. The maximum atomic E-state index is 14.3. The predicted octanol–water partition coefficient (Wildman–Crippen LogP) is 2.65. The van der Waals surface area contributed by atoms with E-state index in [0.29, 0.717) is 24.6 Å². The normalized spacial score (nSPS) is 19.0. The maximum absolute atomic E-state index is 14.3. The van der Waals surface area contributed by atoms with Gasteiger partial charge in [-0.3, -0.25) is 29.8 Å². The molecule has 0 aliphatic carbocycles. The number of carbonyl (C=O) groups excluding carboxylic acids is 1. The second-order valence-electron chi connectivity index (χ2n) is 10.9. The fourth-order valence-corrected chi connectivity index (χ4v) is 5.89. The number of piperazine rings is 1. The molecule has 0 radical (unpaired) electrons. The van der Waals surface area contributed by atoms with Gasteiger partial charge in [-0.25, -0.2) is 0 Å². The molecule has 1 amide bonds. The number of amides is 1. The second-order valence-corrected chi connectivity index (χ2v) is 10.9. The minimum atomic E-state index is -0.646. The number of rotatable bonds is 5. The van der Waals surface area contributed by atoms with Gasteiger partial charge in [0.1, 0.15) is 11.5 Å². The van der Waals surface area contributed by atoms with Crippen LogP contribution in [0, 0.1) is 6.92 Å². The Bertz CT molecular complexity index is 1570. The number of hydrogen-bond acceptors (Lipinski definition) is 8. The first kappa shape index (κ1) is 26.9. The first-order valence-corrected chi connectivity index (χ1v) is 14.0. The third-order valence-corrected chi connectivity index (χ3v) is 8.12. The Morgan fingerprint density at radius 3 is 2.56 bits per heavy atom. The minimum absolute atomic E-state index is 0.162. The van der Waals surface area contributed by atoms with Gasteiger partial charge in [0.2, 0.25) is 0 Å². The van der Waals surface area contributed by atoms with Crippen molar-refractivity contribution in [1.29, 1.82) is 0 Å².